The smallest absolute Gasteiger partial charge is 0.351 e. The summed E-state index contributed by atoms with van der Waals surface area (Å²) in [6.07, 6.45) is 0.126. The van der Waals surface area contributed by atoms with Crippen molar-refractivity contribution < 1.29 is 18.0 Å². The van der Waals surface area contributed by atoms with Gasteiger partial charge in [0, 0.05) is 23.4 Å². The summed E-state index contributed by atoms with van der Waals surface area (Å²) in [6, 6.07) is 14.9. The van der Waals surface area contributed by atoms with Crippen LogP contribution in [0.25, 0.3) is 33.7 Å². The van der Waals surface area contributed by atoms with E-state index in [4.69, 9.17) is 10.7 Å². The Morgan fingerprint density at radius 1 is 1.11 bits per heavy atom. The molecular weight excluding hydrogens is 571 g/mol. The number of nitriles is 1. The molecule has 6 rings (SSSR count). The second-order valence-electron chi connectivity index (χ2n) is 10.8. The molecule has 0 spiro atoms. The van der Waals surface area contributed by atoms with E-state index < -0.39 is 17.8 Å². The molecule has 1 aliphatic rings. The largest absolute Gasteiger partial charge is 0.416 e. The number of hydrogen-bond donors (Lipinski definition) is 1. The van der Waals surface area contributed by atoms with Crippen LogP contribution in [-0.4, -0.2) is 61.5 Å². The van der Waals surface area contributed by atoms with Crippen LogP contribution >= 0.6 is 0 Å². The topological polar surface area (TPSA) is 121 Å². The number of rotatable bonds is 5. The van der Waals surface area contributed by atoms with E-state index in [2.05, 4.69) is 21.2 Å². The molecule has 1 aliphatic heterocycles. The third kappa shape index (κ3) is 5.24. The number of urea groups is 1. The number of likely N-dealkylation sites (tertiary alicyclic amines) is 1. The van der Waals surface area contributed by atoms with Gasteiger partial charge in [0.2, 0.25) is 0 Å². The Bertz CT molecular complexity index is 1900. The fourth-order valence-electron chi connectivity index (χ4n) is 5.74. The predicted octanol–water partition coefficient (Wildman–Crippen LogP) is 5.43. The minimum atomic E-state index is -4.55. The molecule has 0 unspecified atom stereocenters. The van der Waals surface area contributed by atoms with Crippen LogP contribution in [0.5, 0.6) is 0 Å². The highest BCUT2D eigenvalue weighted by Crippen LogP contribution is 2.39. The Morgan fingerprint density at radius 3 is 2.50 bits per heavy atom. The molecule has 2 N–H and O–H groups in total. The highest BCUT2D eigenvalue weighted by molar-refractivity contribution is 5.91. The summed E-state index contributed by atoms with van der Waals surface area (Å²) in [6.45, 7) is 3.33. The fourth-order valence-corrected chi connectivity index (χ4v) is 5.74. The number of piperidine rings is 1. The number of fused-ring (bicyclic) bond motifs is 1. The Labute approximate surface area is 250 Å². The molecule has 3 aromatic heterocycles. The summed E-state index contributed by atoms with van der Waals surface area (Å²) in [5.41, 5.74) is 9.12. The second-order valence-corrected chi connectivity index (χ2v) is 10.8. The molecule has 224 valence electrons. The molecule has 4 heterocycles. The van der Waals surface area contributed by atoms with Crippen molar-refractivity contribution in [1.29, 1.82) is 5.26 Å². The summed E-state index contributed by atoms with van der Waals surface area (Å²) in [5.74, 6) is 0.0810. The molecule has 2 amide bonds. The molecule has 44 heavy (non-hydrogen) atoms. The number of primary amides is 1. The summed E-state index contributed by atoms with van der Waals surface area (Å²) in [7, 11) is 2.00. The molecule has 0 bridgehead atoms. The highest BCUT2D eigenvalue weighted by Gasteiger charge is 2.33. The molecule has 13 heteroatoms. The fraction of sp³-hybridized carbons (Fsp3) is 0.258. The van der Waals surface area contributed by atoms with Gasteiger partial charge in [-0.25, -0.2) is 14.0 Å². The standard InChI is InChI=1S/C31H28F3N9O/c1-19-25(26-10-13-37-43(26)24-8-6-20(17-35)7-9-24)18-41-28(27(19)21-4-3-5-22(16-21)31(32,33)34)38-30(39-41)42(29(36)44)23-11-14-40(2)15-12-23/h3-10,13,16,18,23H,11-12,14-15H2,1-2H3,(H2,36,44). The predicted molar refractivity (Wildman–Crippen MR) is 158 cm³/mol. The van der Waals surface area contributed by atoms with E-state index in [0.717, 1.165) is 25.2 Å². The van der Waals surface area contributed by atoms with Crippen LogP contribution in [0, 0.1) is 18.3 Å². The average Bonchev–Trinajstić information content (AvgIpc) is 3.65. The zero-order valence-corrected chi connectivity index (χ0v) is 24.0. The monoisotopic (exact) mass is 599 g/mol. The SMILES string of the molecule is Cc1c(-c2ccnn2-c2ccc(C#N)cc2)cn2nc(N(C(N)=O)C3CCN(C)CC3)nc2c1-c1cccc(C(F)(F)F)c1. The summed E-state index contributed by atoms with van der Waals surface area (Å²) >= 11 is 0. The van der Waals surface area contributed by atoms with Gasteiger partial charge in [0.25, 0.3) is 5.95 Å². The first kappa shape index (κ1) is 28.9. The third-order valence-electron chi connectivity index (χ3n) is 8.02. The normalized spacial score (nSPS) is 14.5. The van der Waals surface area contributed by atoms with Crippen molar-refractivity contribution in [3.63, 3.8) is 0 Å². The van der Waals surface area contributed by atoms with Crippen LogP contribution in [0.2, 0.25) is 0 Å². The highest BCUT2D eigenvalue weighted by atomic mass is 19.4. The van der Waals surface area contributed by atoms with Crippen LogP contribution in [0.4, 0.5) is 23.9 Å². The Kier molecular flexibility index (Phi) is 7.30. The quantitative estimate of drug-likeness (QED) is 0.288. The zero-order valence-electron chi connectivity index (χ0n) is 24.0. The van der Waals surface area contributed by atoms with E-state index in [-0.39, 0.29) is 23.2 Å². The van der Waals surface area contributed by atoms with Gasteiger partial charge in [0.1, 0.15) is 0 Å². The van der Waals surface area contributed by atoms with Gasteiger partial charge < -0.3 is 10.6 Å². The van der Waals surface area contributed by atoms with Crippen molar-refractivity contribution in [3.8, 4) is 34.1 Å². The summed E-state index contributed by atoms with van der Waals surface area (Å²) < 4.78 is 44.6. The molecule has 5 aromatic rings. The van der Waals surface area contributed by atoms with Crippen molar-refractivity contribution in [1.82, 2.24) is 29.3 Å². The van der Waals surface area contributed by atoms with Gasteiger partial charge in [-0.1, -0.05) is 12.1 Å². The number of benzene rings is 2. The van der Waals surface area contributed by atoms with E-state index in [1.54, 1.807) is 60.4 Å². The van der Waals surface area contributed by atoms with Crippen molar-refractivity contribution in [2.24, 2.45) is 5.73 Å². The number of alkyl halides is 3. The Hall–Kier alpha value is -5.22. The van der Waals surface area contributed by atoms with Crippen LogP contribution in [0.1, 0.15) is 29.5 Å². The molecule has 0 aliphatic carbocycles. The lowest BCUT2D eigenvalue weighted by Gasteiger charge is -2.34. The summed E-state index contributed by atoms with van der Waals surface area (Å²) in [5, 5.41) is 18.3. The number of nitrogens with zero attached hydrogens (tertiary/aromatic N) is 8. The van der Waals surface area contributed by atoms with Crippen LogP contribution in [0.3, 0.4) is 0 Å². The molecule has 0 atom stereocenters. The minimum absolute atomic E-state index is 0.0810. The van der Waals surface area contributed by atoms with Crippen LogP contribution < -0.4 is 10.6 Å². The number of halogens is 3. The van der Waals surface area contributed by atoms with Crippen molar-refractivity contribution in [2.75, 3.05) is 25.0 Å². The van der Waals surface area contributed by atoms with Gasteiger partial charge in [-0.15, -0.1) is 5.10 Å². The van der Waals surface area contributed by atoms with E-state index >= 15 is 0 Å². The minimum Gasteiger partial charge on any atom is -0.351 e. The average molecular weight is 600 g/mol. The van der Waals surface area contributed by atoms with Gasteiger partial charge in [-0.3, -0.25) is 4.90 Å². The zero-order chi connectivity index (χ0) is 31.2. The second kappa shape index (κ2) is 11.1. The lowest BCUT2D eigenvalue weighted by Crippen LogP contribution is -2.49. The first-order chi connectivity index (χ1) is 21.0. The molecule has 1 fully saturated rings. The number of carbonyl (C=O) groups excluding carboxylic acids is 1. The Morgan fingerprint density at radius 2 is 1.84 bits per heavy atom. The number of nitrogens with two attached hydrogens (primary N) is 1. The number of amides is 2. The molecular formula is C31H28F3N9O. The van der Waals surface area contributed by atoms with E-state index in [0.29, 0.717) is 46.5 Å². The van der Waals surface area contributed by atoms with Crippen LogP contribution in [0.15, 0.2) is 67.0 Å². The number of carbonyl (C=O) groups is 1. The summed E-state index contributed by atoms with van der Waals surface area (Å²) in [4.78, 5) is 21.0. The first-order valence-electron chi connectivity index (χ1n) is 13.9. The number of aromatic nitrogens is 5. The molecule has 10 nitrogen and oxygen atoms in total. The molecule has 0 saturated carbocycles. The number of hydrogen-bond acceptors (Lipinski definition) is 6. The number of pyridine rings is 1. The lowest BCUT2D eigenvalue weighted by atomic mass is 9.95. The van der Waals surface area contributed by atoms with Crippen molar-refractivity contribution in [2.45, 2.75) is 32.0 Å². The maximum atomic E-state index is 13.8. The third-order valence-corrected chi connectivity index (χ3v) is 8.02. The first-order valence-corrected chi connectivity index (χ1v) is 13.9. The molecule has 0 radical (unpaired) electrons. The van der Waals surface area contributed by atoms with E-state index in [1.807, 2.05) is 7.05 Å². The maximum absolute atomic E-state index is 13.8. The molecule has 2 aromatic carbocycles. The lowest BCUT2D eigenvalue weighted by molar-refractivity contribution is -0.137. The number of anilines is 1. The van der Waals surface area contributed by atoms with Gasteiger partial charge in [-0.2, -0.15) is 28.5 Å². The van der Waals surface area contributed by atoms with Gasteiger partial charge in [-0.05, 0) is 93.5 Å². The van der Waals surface area contributed by atoms with Gasteiger partial charge >= 0.3 is 12.2 Å². The maximum Gasteiger partial charge on any atom is 0.416 e. The van der Waals surface area contributed by atoms with Crippen molar-refractivity contribution in [3.05, 3.63) is 83.7 Å². The van der Waals surface area contributed by atoms with Gasteiger partial charge in [0.15, 0.2) is 5.65 Å². The van der Waals surface area contributed by atoms with E-state index in [1.165, 1.54) is 15.5 Å². The van der Waals surface area contributed by atoms with Gasteiger partial charge in [0.05, 0.1) is 34.8 Å². The molecule has 1 saturated heterocycles. The van der Waals surface area contributed by atoms with Crippen molar-refractivity contribution >= 4 is 17.6 Å². The van der Waals surface area contributed by atoms with E-state index in [9.17, 15) is 23.2 Å². The Balaban J connectivity index is 1.57. The van der Waals surface area contributed by atoms with Crippen LogP contribution in [-0.2, 0) is 6.18 Å².